The first-order valence-corrected chi connectivity index (χ1v) is 9.75. The Kier molecular flexibility index (Phi) is 8.95. The summed E-state index contributed by atoms with van der Waals surface area (Å²) in [4.78, 5) is 11.2. The molecule has 1 aliphatic carbocycles. The maximum Gasteiger partial charge on any atom is 1.00 e. The predicted octanol–water partition coefficient (Wildman–Crippen LogP) is -0.750. The fraction of sp³-hybridized carbons (Fsp3) is 0.278. The number of hydrogen-bond acceptors (Lipinski definition) is 4. The van der Waals surface area contributed by atoms with Gasteiger partial charge < -0.3 is 11.6 Å². The van der Waals surface area contributed by atoms with E-state index in [2.05, 4.69) is 4.72 Å². The standard InChI is InChI=1S/C18H18ClNO4S.Na.H2O.H/c1-12(21)24-17-5-2-14-8-13(9-15(14)10-17)11-20-25(22,23)18-6-3-16(19)4-7-18;;;/h2-7,10,13,20H,8-9,11H2,1H3;;1H2;/q;+1;;-1. The van der Waals surface area contributed by atoms with Crippen molar-refractivity contribution in [2.45, 2.75) is 24.7 Å². The number of nitrogens with one attached hydrogen (secondary N) is 1. The third kappa shape index (κ3) is 6.29. The van der Waals surface area contributed by atoms with Crippen LogP contribution in [-0.2, 0) is 27.7 Å². The molecule has 1 atom stereocenters. The van der Waals surface area contributed by atoms with E-state index in [0.717, 1.165) is 24.0 Å². The van der Waals surface area contributed by atoms with Crippen LogP contribution in [0.3, 0.4) is 0 Å². The number of esters is 1. The van der Waals surface area contributed by atoms with Crippen molar-refractivity contribution in [2.24, 2.45) is 5.92 Å². The number of rotatable bonds is 5. The van der Waals surface area contributed by atoms with E-state index in [-0.39, 0.29) is 53.2 Å². The Morgan fingerprint density at radius 1 is 1.19 bits per heavy atom. The molecule has 6 nitrogen and oxygen atoms in total. The zero-order chi connectivity index (χ0) is 18.0. The van der Waals surface area contributed by atoms with E-state index in [1.54, 1.807) is 18.2 Å². The van der Waals surface area contributed by atoms with Crippen LogP contribution in [0.1, 0.15) is 19.5 Å². The molecule has 3 rings (SSSR count). The fourth-order valence-electron chi connectivity index (χ4n) is 2.98. The van der Waals surface area contributed by atoms with Gasteiger partial charge in [-0.25, -0.2) is 13.1 Å². The van der Waals surface area contributed by atoms with Gasteiger partial charge in [-0.05, 0) is 66.3 Å². The van der Waals surface area contributed by atoms with E-state index in [1.807, 2.05) is 12.1 Å². The summed E-state index contributed by atoms with van der Waals surface area (Å²) in [6, 6.07) is 11.6. The average Bonchev–Trinajstić information content (AvgIpc) is 2.95. The maximum absolute atomic E-state index is 12.3. The van der Waals surface area contributed by atoms with E-state index in [9.17, 15) is 13.2 Å². The van der Waals surface area contributed by atoms with Gasteiger partial charge in [0.25, 0.3) is 0 Å². The molecule has 2 aromatic rings. The summed E-state index contributed by atoms with van der Waals surface area (Å²) in [7, 11) is -3.55. The Labute approximate surface area is 187 Å². The Morgan fingerprint density at radius 3 is 2.44 bits per heavy atom. The van der Waals surface area contributed by atoms with Crippen molar-refractivity contribution in [3.05, 3.63) is 58.6 Å². The van der Waals surface area contributed by atoms with Crippen LogP contribution in [0.5, 0.6) is 5.75 Å². The quantitative estimate of drug-likeness (QED) is 0.389. The molecule has 9 heteroatoms. The molecule has 0 fully saturated rings. The Morgan fingerprint density at radius 2 is 1.81 bits per heavy atom. The van der Waals surface area contributed by atoms with Crippen LogP contribution in [-0.4, -0.2) is 26.4 Å². The van der Waals surface area contributed by atoms with Crippen LogP contribution in [0, 0.1) is 5.92 Å². The molecule has 0 radical (unpaired) electrons. The third-order valence-corrected chi connectivity index (χ3v) is 5.83. The summed E-state index contributed by atoms with van der Waals surface area (Å²) >= 11 is 5.79. The number of carbonyl (C=O) groups is 1. The van der Waals surface area contributed by atoms with Crippen LogP contribution in [0.15, 0.2) is 47.4 Å². The minimum Gasteiger partial charge on any atom is -1.00 e. The minimum atomic E-state index is -3.55. The number of sulfonamides is 1. The second kappa shape index (κ2) is 10.0. The van der Waals surface area contributed by atoms with Gasteiger partial charge in [-0.1, -0.05) is 17.7 Å². The SMILES string of the molecule is CC(=O)Oc1ccc2c(c1)CC(CNS(=O)(=O)c1ccc(Cl)cc1)C2.O.[H-].[Na+]. The van der Waals surface area contributed by atoms with E-state index in [1.165, 1.54) is 19.1 Å². The van der Waals surface area contributed by atoms with Crippen molar-refractivity contribution < 1.29 is 54.4 Å². The summed E-state index contributed by atoms with van der Waals surface area (Å²) in [6.45, 7) is 1.71. The molecule has 0 aromatic heterocycles. The molecule has 3 N–H and O–H groups in total. The third-order valence-electron chi connectivity index (χ3n) is 4.14. The van der Waals surface area contributed by atoms with E-state index in [4.69, 9.17) is 16.3 Å². The number of fused-ring (bicyclic) bond motifs is 1. The van der Waals surface area contributed by atoms with Crippen LogP contribution in [0.2, 0.25) is 5.02 Å². The summed E-state index contributed by atoms with van der Waals surface area (Å²) in [5, 5.41) is 0.494. The molecule has 0 bridgehead atoms. The van der Waals surface area contributed by atoms with Crippen LogP contribution in [0.4, 0.5) is 0 Å². The van der Waals surface area contributed by atoms with Gasteiger partial charge in [-0.15, -0.1) is 0 Å². The molecule has 0 amide bonds. The molecule has 0 saturated carbocycles. The molecular weight excluding hydrogens is 401 g/mol. The van der Waals surface area contributed by atoms with Crippen LogP contribution < -0.4 is 39.0 Å². The Hall–Kier alpha value is -0.930. The number of carbonyl (C=O) groups excluding carboxylic acids is 1. The second-order valence-electron chi connectivity index (χ2n) is 6.10. The normalized spacial score (nSPS) is 15.3. The second-order valence-corrected chi connectivity index (χ2v) is 8.31. The minimum absolute atomic E-state index is 0. The van der Waals surface area contributed by atoms with Crippen molar-refractivity contribution >= 4 is 27.6 Å². The molecule has 0 spiro atoms. The number of halogens is 1. The molecule has 1 aliphatic rings. The van der Waals surface area contributed by atoms with Crippen molar-refractivity contribution in [3.8, 4) is 5.75 Å². The molecule has 142 valence electrons. The topological polar surface area (TPSA) is 104 Å². The summed E-state index contributed by atoms with van der Waals surface area (Å²) in [5.74, 6) is 0.337. The monoisotopic (exact) mass is 421 g/mol. The zero-order valence-electron chi connectivity index (χ0n) is 16.2. The van der Waals surface area contributed by atoms with Crippen molar-refractivity contribution in [3.63, 3.8) is 0 Å². The van der Waals surface area contributed by atoms with Crippen LogP contribution in [0.25, 0.3) is 0 Å². The maximum atomic E-state index is 12.3. The molecule has 1 unspecified atom stereocenters. The van der Waals surface area contributed by atoms with Crippen molar-refractivity contribution in [2.75, 3.05) is 6.54 Å². The molecule has 27 heavy (non-hydrogen) atoms. The molecule has 2 aromatic carbocycles. The van der Waals surface area contributed by atoms with E-state index < -0.39 is 10.0 Å². The van der Waals surface area contributed by atoms with Gasteiger partial charge in [-0.2, -0.15) is 0 Å². The van der Waals surface area contributed by atoms with Crippen molar-refractivity contribution in [1.29, 1.82) is 0 Å². The van der Waals surface area contributed by atoms with Gasteiger partial charge in [0.1, 0.15) is 5.75 Å². The number of benzene rings is 2. The molecule has 0 aliphatic heterocycles. The van der Waals surface area contributed by atoms with Crippen molar-refractivity contribution in [1.82, 2.24) is 4.72 Å². The van der Waals surface area contributed by atoms with Gasteiger partial charge in [0, 0.05) is 18.5 Å². The van der Waals surface area contributed by atoms with Crippen LogP contribution >= 0.6 is 11.6 Å². The summed E-state index contributed by atoms with van der Waals surface area (Å²) < 4.78 is 32.4. The molecule has 0 heterocycles. The van der Waals surface area contributed by atoms with Gasteiger partial charge >= 0.3 is 35.5 Å². The first-order chi connectivity index (χ1) is 11.8. The molecular formula is C18H21ClNNaO5S. The number of hydrogen-bond donors (Lipinski definition) is 1. The van der Waals surface area contributed by atoms with Gasteiger partial charge in [0.05, 0.1) is 4.90 Å². The predicted molar refractivity (Wildman–Crippen MR) is 100 cm³/mol. The van der Waals surface area contributed by atoms with Gasteiger partial charge in [0.15, 0.2) is 0 Å². The average molecular weight is 422 g/mol. The summed E-state index contributed by atoms with van der Waals surface area (Å²) in [6.07, 6.45) is 1.53. The largest absolute Gasteiger partial charge is 1.00 e. The van der Waals surface area contributed by atoms with E-state index in [0.29, 0.717) is 17.3 Å². The molecule has 0 saturated heterocycles. The number of ether oxygens (including phenoxy) is 1. The Bertz CT molecular complexity index is 909. The van der Waals surface area contributed by atoms with Gasteiger partial charge in [-0.3, -0.25) is 4.79 Å². The summed E-state index contributed by atoms with van der Waals surface area (Å²) in [5.41, 5.74) is 2.25. The van der Waals surface area contributed by atoms with Gasteiger partial charge in [0.2, 0.25) is 10.0 Å². The fourth-order valence-corrected chi connectivity index (χ4v) is 4.23. The first kappa shape index (κ1) is 24.1. The first-order valence-electron chi connectivity index (χ1n) is 7.89. The Balaban J connectivity index is 0.00000243. The smallest absolute Gasteiger partial charge is 1.00 e. The van der Waals surface area contributed by atoms with E-state index >= 15 is 0 Å². The zero-order valence-corrected chi connectivity index (χ0v) is 18.7.